The monoisotopic (exact) mass is 378 g/mol. The van der Waals surface area contributed by atoms with E-state index in [1.54, 1.807) is 54.9 Å². The third kappa shape index (κ3) is 4.64. The van der Waals surface area contributed by atoms with Crippen molar-refractivity contribution in [1.82, 2.24) is 29.8 Å². The summed E-state index contributed by atoms with van der Waals surface area (Å²) in [6.45, 7) is 5.56. The molecule has 9 heteroatoms. The Kier molecular flexibility index (Phi) is 5.85. The molecule has 0 saturated heterocycles. The molecule has 0 saturated carbocycles. The van der Waals surface area contributed by atoms with Crippen LogP contribution < -0.4 is 5.32 Å². The van der Waals surface area contributed by atoms with Gasteiger partial charge in [-0.3, -0.25) is 19.2 Å². The van der Waals surface area contributed by atoms with Crippen LogP contribution in [0.4, 0.5) is 5.82 Å². The van der Waals surface area contributed by atoms with E-state index in [1.807, 2.05) is 19.1 Å². The second-order valence-corrected chi connectivity index (χ2v) is 5.87. The topological polar surface area (TPSA) is 103 Å². The van der Waals surface area contributed by atoms with Gasteiger partial charge in [-0.05, 0) is 19.1 Å². The van der Waals surface area contributed by atoms with Crippen molar-refractivity contribution in [3.05, 3.63) is 61.2 Å². The first-order valence-corrected chi connectivity index (χ1v) is 8.56. The highest BCUT2D eigenvalue weighted by atomic mass is 16.2. The van der Waals surface area contributed by atoms with Gasteiger partial charge in [-0.1, -0.05) is 23.9 Å². The molecule has 0 unspecified atom stereocenters. The number of amides is 1. The Morgan fingerprint density at radius 2 is 2.21 bits per heavy atom. The summed E-state index contributed by atoms with van der Waals surface area (Å²) in [5.74, 6) is 0.225. The highest BCUT2D eigenvalue weighted by Crippen LogP contribution is 2.17. The van der Waals surface area contributed by atoms with Gasteiger partial charge < -0.3 is 5.32 Å². The third-order valence-electron chi connectivity index (χ3n) is 3.76. The van der Waals surface area contributed by atoms with Crippen LogP contribution in [-0.4, -0.2) is 41.9 Å². The van der Waals surface area contributed by atoms with E-state index in [0.717, 1.165) is 16.8 Å². The highest BCUT2D eigenvalue weighted by Gasteiger charge is 2.09. The normalized spacial score (nSPS) is 11.7. The van der Waals surface area contributed by atoms with Gasteiger partial charge in [0.05, 0.1) is 18.1 Å². The first-order chi connectivity index (χ1) is 13.6. The summed E-state index contributed by atoms with van der Waals surface area (Å²) in [4.78, 5) is 20.8. The lowest BCUT2D eigenvalue weighted by atomic mass is 10.2. The lowest BCUT2D eigenvalue weighted by Crippen LogP contribution is -2.19. The minimum Gasteiger partial charge on any atom is -0.309 e. The summed E-state index contributed by atoms with van der Waals surface area (Å²) in [6.07, 6.45) is 11.9. The number of allylic oxidation sites excluding steroid dienone is 2. The zero-order valence-corrected chi connectivity index (χ0v) is 15.6. The fraction of sp³-hybridized carbons (Fsp3) is 0.158. The molecule has 0 spiro atoms. The van der Waals surface area contributed by atoms with Crippen LogP contribution in [0.15, 0.2) is 60.6 Å². The summed E-state index contributed by atoms with van der Waals surface area (Å²) in [6, 6.07) is 3.58. The van der Waals surface area contributed by atoms with Crippen LogP contribution in [0, 0.1) is 0 Å². The van der Waals surface area contributed by atoms with Crippen LogP contribution in [0.5, 0.6) is 0 Å². The molecule has 0 radical (unpaired) electrons. The lowest BCUT2D eigenvalue weighted by molar-refractivity contribution is -0.116. The van der Waals surface area contributed by atoms with Crippen molar-refractivity contribution < 1.29 is 6.22 Å². The molecule has 9 nitrogen and oxygen atoms in total. The summed E-state index contributed by atoms with van der Waals surface area (Å²) < 4.78 is 3.15. The number of pyridine rings is 1. The lowest BCUT2D eigenvalue weighted by Gasteiger charge is -2.06. The van der Waals surface area contributed by atoms with Crippen LogP contribution >= 0.6 is 0 Å². The van der Waals surface area contributed by atoms with Crippen LogP contribution in [0.1, 0.15) is 13.9 Å². The number of nitrogens with zero attached hydrogens (tertiary/aromatic N) is 7. The Balaban J connectivity index is 0.00000300. The molecule has 1 N–H and O–H groups in total. The van der Waals surface area contributed by atoms with Crippen LogP contribution in [0.3, 0.4) is 0 Å². The van der Waals surface area contributed by atoms with E-state index >= 15 is 0 Å². The van der Waals surface area contributed by atoms with Crippen molar-refractivity contribution in [3.63, 3.8) is 0 Å². The van der Waals surface area contributed by atoms with Gasteiger partial charge in [-0.15, -0.1) is 5.10 Å². The van der Waals surface area contributed by atoms with E-state index in [0.29, 0.717) is 11.5 Å². The van der Waals surface area contributed by atoms with E-state index in [9.17, 15) is 4.79 Å². The van der Waals surface area contributed by atoms with Crippen molar-refractivity contribution in [3.8, 4) is 11.3 Å². The Morgan fingerprint density at radius 1 is 1.36 bits per heavy atom. The first kappa shape index (κ1) is 18.9. The number of aromatic nitrogens is 6. The quantitative estimate of drug-likeness (QED) is 0.637. The zero-order valence-electron chi connectivity index (χ0n) is 15.6. The maximum atomic E-state index is 12.3. The number of nitrogens with one attached hydrogen (secondary N) is 1. The minimum atomic E-state index is -0.231. The number of anilines is 1. The molecule has 0 atom stereocenters. The van der Waals surface area contributed by atoms with Crippen molar-refractivity contribution >= 4 is 23.6 Å². The Hall–Kier alpha value is -3.88. The van der Waals surface area contributed by atoms with Gasteiger partial charge in [0.15, 0.2) is 0 Å². The Morgan fingerprint density at radius 3 is 2.86 bits per heavy atom. The van der Waals surface area contributed by atoms with Crippen molar-refractivity contribution in [1.29, 1.82) is 0 Å². The molecule has 0 bridgehead atoms. The summed E-state index contributed by atoms with van der Waals surface area (Å²) >= 11 is 0. The van der Waals surface area contributed by atoms with Crippen molar-refractivity contribution in [2.45, 2.75) is 13.5 Å². The number of hydrogen-bond donors (Lipinski definition) is 1. The van der Waals surface area contributed by atoms with Crippen molar-refractivity contribution in [2.24, 2.45) is 12.0 Å². The van der Waals surface area contributed by atoms with E-state index in [-0.39, 0.29) is 13.9 Å². The minimum absolute atomic E-state index is 0. The molecule has 0 aliphatic heterocycles. The highest BCUT2D eigenvalue weighted by molar-refractivity contribution is 5.89. The predicted molar refractivity (Wildman–Crippen MR) is 110 cm³/mol. The molecule has 3 rings (SSSR count). The number of hydrogen-bond acceptors (Lipinski definition) is 6. The smallest absolute Gasteiger partial charge is 0.247 e. The SMILES string of the molecule is C=CC=N/C(=C\C)c1ccc(NC(=O)Cn2cc(-c3cn(C)nn3)cn2)nc1.[HH]. The number of carbonyl (C=O) groups is 1. The second-order valence-electron chi connectivity index (χ2n) is 5.87. The molecule has 3 heterocycles. The van der Waals surface area contributed by atoms with Gasteiger partial charge in [-0.25, -0.2) is 4.98 Å². The molecular weight excluding hydrogens is 356 g/mol. The number of carbonyl (C=O) groups excluding carboxylic acids is 1. The molecule has 144 valence electrons. The van der Waals surface area contributed by atoms with Crippen LogP contribution in [0.25, 0.3) is 17.0 Å². The average Bonchev–Trinajstić information content (AvgIpc) is 3.32. The van der Waals surface area contributed by atoms with Gasteiger partial charge in [0, 0.05) is 38.2 Å². The number of aryl methyl sites for hydroxylation is 1. The maximum absolute atomic E-state index is 12.3. The molecule has 0 fully saturated rings. The van der Waals surface area contributed by atoms with E-state index < -0.39 is 0 Å². The molecule has 1 amide bonds. The summed E-state index contributed by atoms with van der Waals surface area (Å²) in [7, 11) is 1.79. The Bertz CT molecular complexity index is 1030. The van der Waals surface area contributed by atoms with E-state index in [2.05, 4.69) is 37.3 Å². The van der Waals surface area contributed by atoms with Gasteiger partial charge >= 0.3 is 0 Å². The molecule has 3 aromatic rings. The second kappa shape index (κ2) is 8.67. The van der Waals surface area contributed by atoms with Gasteiger partial charge in [-0.2, -0.15) is 5.10 Å². The molecular formula is C19H22N8O. The van der Waals surface area contributed by atoms with Gasteiger partial charge in [0.1, 0.15) is 18.1 Å². The number of aliphatic imine (C=N–C) groups is 1. The number of rotatable bonds is 7. The fourth-order valence-electron chi connectivity index (χ4n) is 2.46. The predicted octanol–water partition coefficient (Wildman–Crippen LogP) is 2.58. The first-order valence-electron chi connectivity index (χ1n) is 8.56. The Labute approximate surface area is 163 Å². The van der Waals surface area contributed by atoms with Crippen LogP contribution in [0.2, 0.25) is 0 Å². The summed E-state index contributed by atoms with van der Waals surface area (Å²) in [5.41, 5.74) is 3.12. The third-order valence-corrected chi connectivity index (χ3v) is 3.76. The maximum Gasteiger partial charge on any atom is 0.247 e. The van der Waals surface area contributed by atoms with Gasteiger partial charge in [0.2, 0.25) is 5.91 Å². The van der Waals surface area contributed by atoms with Crippen molar-refractivity contribution in [2.75, 3.05) is 5.32 Å². The standard InChI is InChI=1S/C19H20N8O.H2/c1-4-8-20-16(5-2)14-6-7-18(21-9-14)23-19(28)13-27-11-15(10-22-27)17-12-26(3)25-24-17;/h4-12H,1,13H2,2-3H3,(H,21,23,28);1H/b16-5-,20-8?;. The largest absolute Gasteiger partial charge is 0.309 e. The van der Waals surface area contributed by atoms with E-state index in [4.69, 9.17) is 0 Å². The molecule has 0 aliphatic rings. The fourth-order valence-corrected chi connectivity index (χ4v) is 2.46. The molecule has 3 aromatic heterocycles. The summed E-state index contributed by atoms with van der Waals surface area (Å²) in [5, 5.41) is 14.9. The molecule has 0 aliphatic carbocycles. The molecule has 28 heavy (non-hydrogen) atoms. The van der Waals surface area contributed by atoms with E-state index in [1.165, 1.54) is 4.68 Å². The van der Waals surface area contributed by atoms with Crippen LogP contribution in [-0.2, 0) is 18.4 Å². The van der Waals surface area contributed by atoms with Gasteiger partial charge in [0.25, 0.3) is 0 Å². The average molecular weight is 378 g/mol. The zero-order chi connectivity index (χ0) is 19.9. The molecule has 0 aromatic carbocycles.